The molecule has 0 radical (unpaired) electrons. The predicted molar refractivity (Wildman–Crippen MR) is 114 cm³/mol. The molecule has 0 saturated heterocycles. The van der Waals surface area contributed by atoms with Gasteiger partial charge in [-0.3, -0.25) is 0 Å². The molecular formula is C22H21N3OS. The molecule has 0 amide bonds. The molecule has 0 unspecified atom stereocenters. The van der Waals surface area contributed by atoms with Gasteiger partial charge in [-0.2, -0.15) is 5.10 Å². The highest BCUT2D eigenvalue weighted by Crippen LogP contribution is 2.38. The van der Waals surface area contributed by atoms with Crippen LogP contribution >= 0.6 is 11.3 Å². The van der Waals surface area contributed by atoms with Crippen LogP contribution in [0.1, 0.15) is 41.8 Å². The average molecular weight is 375 g/mol. The van der Waals surface area contributed by atoms with Gasteiger partial charge in [-0.15, -0.1) is 16.4 Å². The molecule has 0 saturated carbocycles. The first-order chi connectivity index (χ1) is 13.2. The standard InChI is InChI=1S/C22H21N3OS/c1-3-6-16-15-7-4-5-8-20(15)27-22(16)21-17-11-19-18(23-12-26-19)10-14(17)9-13(2)24-25-21/h4-5,7-8,10-11,23H,3,6,9,12H2,1-2H3. The second kappa shape index (κ2) is 6.50. The highest BCUT2D eigenvalue weighted by Gasteiger charge is 2.25. The van der Waals surface area contributed by atoms with Crippen LogP contribution in [0.5, 0.6) is 5.75 Å². The van der Waals surface area contributed by atoms with Gasteiger partial charge in [0.2, 0.25) is 0 Å². The van der Waals surface area contributed by atoms with E-state index in [0.717, 1.165) is 47.7 Å². The van der Waals surface area contributed by atoms with E-state index in [1.807, 2.05) is 18.3 Å². The van der Waals surface area contributed by atoms with Crippen molar-refractivity contribution >= 4 is 38.5 Å². The number of ether oxygens (including phenoxy) is 1. The van der Waals surface area contributed by atoms with Crippen LogP contribution in [0, 0.1) is 0 Å². The number of nitrogens with one attached hydrogen (secondary N) is 1. The van der Waals surface area contributed by atoms with Gasteiger partial charge >= 0.3 is 0 Å². The van der Waals surface area contributed by atoms with Gasteiger partial charge in [0.1, 0.15) is 11.5 Å². The molecule has 0 atom stereocenters. The van der Waals surface area contributed by atoms with Gasteiger partial charge in [0.25, 0.3) is 0 Å². The zero-order chi connectivity index (χ0) is 18.4. The highest BCUT2D eigenvalue weighted by atomic mass is 32.1. The molecule has 27 heavy (non-hydrogen) atoms. The summed E-state index contributed by atoms with van der Waals surface area (Å²) in [6, 6.07) is 13.0. The summed E-state index contributed by atoms with van der Waals surface area (Å²) in [5.41, 5.74) is 6.85. The van der Waals surface area contributed by atoms with E-state index in [1.165, 1.54) is 26.1 Å². The summed E-state index contributed by atoms with van der Waals surface area (Å²) < 4.78 is 7.06. The van der Waals surface area contributed by atoms with Crippen molar-refractivity contribution < 1.29 is 4.74 Å². The second-order valence-electron chi connectivity index (χ2n) is 7.09. The van der Waals surface area contributed by atoms with Crippen LogP contribution in [0.3, 0.4) is 0 Å². The van der Waals surface area contributed by atoms with Gasteiger partial charge in [0.15, 0.2) is 6.73 Å². The highest BCUT2D eigenvalue weighted by molar-refractivity contribution is 7.21. The maximum absolute atomic E-state index is 5.75. The Bertz CT molecular complexity index is 1110. The first-order valence-corrected chi connectivity index (χ1v) is 10.2. The maximum atomic E-state index is 5.75. The SMILES string of the molecule is CCCc1c(C2=NN=C(C)Cc3cc4c(cc32)OCN4)sc2ccccc12. The summed E-state index contributed by atoms with van der Waals surface area (Å²) in [7, 11) is 0. The van der Waals surface area contributed by atoms with Crippen molar-refractivity contribution in [1.82, 2.24) is 0 Å². The van der Waals surface area contributed by atoms with E-state index in [2.05, 4.69) is 53.7 Å². The van der Waals surface area contributed by atoms with Crippen molar-refractivity contribution in [3.8, 4) is 5.75 Å². The Morgan fingerprint density at radius 1 is 1.19 bits per heavy atom. The molecule has 136 valence electrons. The molecule has 5 heteroatoms. The van der Waals surface area contributed by atoms with Crippen LogP contribution in [0.15, 0.2) is 46.6 Å². The lowest BCUT2D eigenvalue weighted by Crippen LogP contribution is -2.07. The first kappa shape index (κ1) is 16.5. The van der Waals surface area contributed by atoms with Gasteiger partial charge in [0, 0.05) is 22.4 Å². The van der Waals surface area contributed by atoms with E-state index in [1.54, 1.807) is 0 Å². The monoisotopic (exact) mass is 375 g/mol. The summed E-state index contributed by atoms with van der Waals surface area (Å²) in [4.78, 5) is 1.24. The molecule has 5 rings (SSSR count). The van der Waals surface area contributed by atoms with Crippen molar-refractivity contribution in [2.24, 2.45) is 10.2 Å². The summed E-state index contributed by atoms with van der Waals surface area (Å²) in [5.74, 6) is 0.902. The number of benzene rings is 2. The molecule has 2 aromatic carbocycles. The number of rotatable bonds is 3. The molecule has 0 spiro atoms. The number of hydrogen-bond donors (Lipinski definition) is 1. The lowest BCUT2D eigenvalue weighted by molar-refractivity contribution is 0.372. The minimum absolute atomic E-state index is 0.530. The topological polar surface area (TPSA) is 46.0 Å². The van der Waals surface area contributed by atoms with Crippen LogP contribution in [0.4, 0.5) is 5.69 Å². The predicted octanol–water partition coefficient (Wildman–Crippen LogP) is 5.39. The van der Waals surface area contributed by atoms with Gasteiger partial charge in [-0.05, 0) is 48.1 Å². The molecular weight excluding hydrogens is 354 g/mol. The number of hydrogen-bond acceptors (Lipinski definition) is 5. The normalized spacial score (nSPS) is 15.3. The van der Waals surface area contributed by atoms with Crippen molar-refractivity contribution in [1.29, 1.82) is 0 Å². The Kier molecular flexibility index (Phi) is 3.97. The molecule has 1 N–H and O–H groups in total. The average Bonchev–Trinajstić information content (AvgIpc) is 3.23. The van der Waals surface area contributed by atoms with Crippen LogP contribution in [0.25, 0.3) is 10.1 Å². The van der Waals surface area contributed by atoms with E-state index in [0.29, 0.717) is 6.73 Å². The Morgan fingerprint density at radius 2 is 2.07 bits per heavy atom. The Balaban J connectivity index is 1.76. The van der Waals surface area contributed by atoms with Crippen LogP contribution < -0.4 is 10.1 Å². The lowest BCUT2D eigenvalue weighted by atomic mass is 9.94. The number of anilines is 1. The van der Waals surface area contributed by atoms with E-state index in [4.69, 9.17) is 9.84 Å². The Morgan fingerprint density at radius 3 is 2.96 bits per heavy atom. The Hall–Kier alpha value is -2.66. The first-order valence-electron chi connectivity index (χ1n) is 9.40. The number of fused-ring (bicyclic) bond motifs is 3. The fourth-order valence-corrected chi connectivity index (χ4v) is 5.15. The van der Waals surface area contributed by atoms with E-state index in [-0.39, 0.29) is 0 Å². The van der Waals surface area contributed by atoms with Crippen LogP contribution in [-0.4, -0.2) is 18.2 Å². The maximum Gasteiger partial charge on any atom is 0.159 e. The largest absolute Gasteiger partial charge is 0.471 e. The number of thiophene rings is 1. The fourth-order valence-electron chi connectivity index (χ4n) is 3.90. The summed E-state index contributed by atoms with van der Waals surface area (Å²) in [6.07, 6.45) is 2.96. The zero-order valence-electron chi connectivity index (χ0n) is 15.5. The molecule has 0 bridgehead atoms. The molecule has 0 aliphatic carbocycles. The zero-order valence-corrected chi connectivity index (χ0v) is 16.3. The van der Waals surface area contributed by atoms with Crippen molar-refractivity contribution in [2.75, 3.05) is 12.0 Å². The molecule has 2 aliphatic heterocycles. The smallest absolute Gasteiger partial charge is 0.159 e. The van der Waals surface area contributed by atoms with E-state index in [9.17, 15) is 0 Å². The van der Waals surface area contributed by atoms with Gasteiger partial charge < -0.3 is 10.1 Å². The number of nitrogens with zero attached hydrogens (tertiary/aromatic N) is 2. The molecule has 1 aromatic heterocycles. The van der Waals surface area contributed by atoms with E-state index < -0.39 is 0 Å². The van der Waals surface area contributed by atoms with Crippen molar-refractivity contribution in [3.63, 3.8) is 0 Å². The number of aryl methyl sites for hydroxylation is 1. The minimum atomic E-state index is 0.530. The third kappa shape index (κ3) is 2.73. The summed E-state index contributed by atoms with van der Waals surface area (Å²) in [6.45, 7) is 4.81. The van der Waals surface area contributed by atoms with Crippen LogP contribution in [0.2, 0.25) is 0 Å². The molecule has 4 nitrogen and oxygen atoms in total. The summed E-state index contributed by atoms with van der Waals surface area (Å²) >= 11 is 1.82. The van der Waals surface area contributed by atoms with E-state index >= 15 is 0 Å². The van der Waals surface area contributed by atoms with Crippen LogP contribution in [-0.2, 0) is 12.8 Å². The minimum Gasteiger partial charge on any atom is -0.471 e. The molecule has 2 aliphatic rings. The molecule has 0 fully saturated rings. The van der Waals surface area contributed by atoms with Gasteiger partial charge in [0.05, 0.1) is 10.6 Å². The fraction of sp³-hybridized carbons (Fsp3) is 0.273. The third-order valence-electron chi connectivity index (χ3n) is 5.13. The van der Waals surface area contributed by atoms with Crippen molar-refractivity contribution in [2.45, 2.75) is 33.1 Å². The van der Waals surface area contributed by atoms with Crippen molar-refractivity contribution in [3.05, 3.63) is 58.0 Å². The lowest BCUT2D eigenvalue weighted by Gasteiger charge is -2.12. The Labute approximate surface area is 162 Å². The molecule has 3 heterocycles. The third-order valence-corrected chi connectivity index (χ3v) is 6.35. The van der Waals surface area contributed by atoms with Gasteiger partial charge in [-0.25, -0.2) is 0 Å². The second-order valence-corrected chi connectivity index (χ2v) is 8.14. The quantitative estimate of drug-likeness (QED) is 0.667. The van der Waals surface area contributed by atoms with Gasteiger partial charge in [-0.1, -0.05) is 31.5 Å². The summed E-state index contributed by atoms with van der Waals surface area (Å²) in [5, 5.41) is 13.9. The molecule has 3 aromatic rings.